The minimum atomic E-state index is -0.253. The predicted octanol–water partition coefficient (Wildman–Crippen LogP) is 5.40. The summed E-state index contributed by atoms with van der Waals surface area (Å²) >= 11 is 0. The van der Waals surface area contributed by atoms with Crippen molar-refractivity contribution in [3.63, 3.8) is 0 Å². The van der Waals surface area contributed by atoms with Crippen LogP contribution in [0.25, 0.3) is 6.08 Å². The molecule has 0 aliphatic carbocycles. The minimum Gasteiger partial charge on any atom is -0.462 e. The van der Waals surface area contributed by atoms with Crippen LogP contribution in [0, 0.1) is 0 Å². The second-order valence-corrected chi connectivity index (χ2v) is 5.13. The van der Waals surface area contributed by atoms with Crippen LogP contribution in [0.3, 0.4) is 0 Å². The highest BCUT2D eigenvalue weighted by molar-refractivity contribution is 5.93. The molecular weight excluding hydrogens is 260 g/mol. The van der Waals surface area contributed by atoms with Crippen LogP contribution in [0.15, 0.2) is 43.5 Å². The number of benzene rings is 1. The van der Waals surface area contributed by atoms with Crippen molar-refractivity contribution in [2.45, 2.75) is 44.9 Å². The Morgan fingerprint density at radius 1 is 1.00 bits per heavy atom. The molecule has 0 aromatic heterocycles. The highest BCUT2D eigenvalue weighted by Gasteiger charge is 2.09. The van der Waals surface area contributed by atoms with Crippen molar-refractivity contribution in [1.29, 1.82) is 0 Å². The monoisotopic (exact) mass is 286 g/mol. The molecule has 1 aromatic carbocycles. The Morgan fingerprint density at radius 2 is 1.67 bits per heavy atom. The molecule has 0 aliphatic rings. The smallest absolute Gasteiger partial charge is 0.338 e. The molecule has 0 aliphatic heterocycles. The average molecular weight is 286 g/mol. The number of carbonyl (C=O) groups excluding carboxylic acids is 1. The molecular formula is C19H26O2. The summed E-state index contributed by atoms with van der Waals surface area (Å²) in [6, 6.07) is 7.37. The van der Waals surface area contributed by atoms with Gasteiger partial charge in [0.15, 0.2) is 0 Å². The summed E-state index contributed by atoms with van der Waals surface area (Å²) in [6.07, 6.45) is 11.8. The highest BCUT2D eigenvalue weighted by Crippen LogP contribution is 2.12. The topological polar surface area (TPSA) is 26.3 Å². The lowest BCUT2D eigenvalue weighted by atomic mass is 10.1. The van der Waals surface area contributed by atoms with E-state index in [0.717, 1.165) is 24.8 Å². The van der Waals surface area contributed by atoms with E-state index in [1.54, 1.807) is 12.1 Å². The first-order chi connectivity index (χ1) is 10.3. The third kappa shape index (κ3) is 6.94. The van der Waals surface area contributed by atoms with Gasteiger partial charge in [0.05, 0.1) is 12.2 Å². The lowest BCUT2D eigenvalue weighted by Crippen LogP contribution is -2.08. The quantitative estimate of drug-likeness (QED) is 0.309. The van der Waals surface area contributed by atoms with E-state index in [1.165, 1.54) is 25.7 Å². The van der Waals surface area contributed by atoms with Crippen molar-refractivity contribution < 1.29 is 9.53 Å². The summed E-state index contributed by atoms with van der Waals surface area (Å²) in [5.41, 5.74) is 1.42. The maximum absolute atomic E-state index is 12.0. The van der Waals surface area contributed by atoms with Crippen LogP contribution in [0.1, 0.15) is 60.9 Å². The van der Waals surface area contributed by atoms with Crippen molar-refractivity contribution in [3.8, 4) is 0 Å². The normalized spacial score (nSPS) is 10.1. The predicted molar refractivity (Wildman–Crippen MR) is 89.3 cm³/mol. The summed E-state index contributed by atoms with van der Waals surface area (Å²) < 4.78 is 5.32. The molecule has 0 N–H and O–H groups in total. The van der Waals surface area contributed by atoms with Crippen molar-refractivity contribution in [2.24, 2.45) is 0 Å². The lowest BCUT2D eigenvalue weighted by molar-refractivity contribution is 0.0497. The van der Waals surface area contributed by atoms with Gasteiger partial charge in [-0.2, -0.15) is 0 Å². The van der Waals surface area contributed by atoms with Gasteiger partial charge in [0.2, 0.25) is 0 Å². The van der Waals surface area contributed by atoms with Gasteiger partial charge in [-0.05, 0) is 30.9 Å². The van der Waals surface area contributed by atoms with Crippen LogP contribution < -0.4 is 0 Å². The van der Waals surface area contributed by atoms with Gasteiger partial charge in [0.25, 0.3) is 0 Å². The zero-order valence-electron chi connectivity index (χ0n) is 12.9. The zero-order valence-corrected chi connectivity index (χ0v) is 12.9. The van der Waals surface area contributed by atoms with Crippen LogP contribution in [0.2, 0.25) is 0 Å². The highest BCUT2D eigenvalue weighted by atomic mass is 16.5. The minimum absolute atomic E-state index is 0.253. The fraction of sp³-hybridized carbons (Fsp3) is 0.421. The first kappa shape index (κ1) is 17.2. The van der Waals surface area contributed by atoms with Gasteiger partial charge in [-0.25, -0.2) is 4.79 Å². The summed E-state index contributed by atoms with van der Waals surface area (Å²) in [5, 5.41) is 0. The molecule has 0 spiro atoms. The number of allylic oxidation sites excluding steroid dienone is 1. The Balaban J connectivity index is 2.14. The number of carbonyl (C=O) groups is 1. The Morgan fingerprint density at radius 3 is 2.38 bits per heavy atom. The Kier molecular flexibility index (Phi) is 8.94. The van der Waals surface area contributed by atoms with Gasteiger partial charge in [-0.3, -0.25) is 0 Å². The molecule has 1 aromatic rings. The van der Waals surface area contributed by atoms with E-state index < -0.39 is 0 Å². The van der Waals surface area contributed by atoms with Crippen molar-refractivity contribution in [1.82, 2.24) is 0 Å². The molecule has 0 heterocycles. The Bertz CT molecular complexity index is 449. The van der Waals surface area contributed by atoms with E-state index in [4.69, 9.17) is 4.74 Å². The summed E-state index contributed by atoms with van der Waals surface area (Å²) in [6.45, 7) is 7.93. The Labute approximate surface area is 128 Å². The van der Waals surface area contributed by atoms with Crippen LogP contribution in [-0.2, 0) is 4.74 Å². The molecule has 0 fully saturated rings. The van der Waals surface area contributed by atoms with E-state index in [2.05, 4.69) is 13.2 Å². The molecule has 0 saturated heterocycles. The third-order valence-electron chi connectivity index (χ3n) is 3.44. The molecule has 0 unspecified atom stereocenters. The molecule has 2 heteroatoms. The molecule has 0 radical (unpaired) electrons. The fourth-order valence-electron chi connectivity index (χ4n) is 2.20. The molecule has 0 saturated carbocycles. The number of hydrogen-bond acceptors (Lipinski definition) is 2. The van der Waals surface area contributed by atoms with E-state index in [9.17, 15) is 4.79 Å². The van der Waals surface area contributed by atoms with E-state index >= 15 is 0 Å². The maximum Gasteiger partial charge on any atom is 0.338 e. The van der Waals surface area contributed by atoms with E-state index in [0.29, 0.717) is 12.2 Å². The molecule has 114 valence electrons. The number of rotatable bonds is 11. The van der Waals surface area contributed by atoms with Gasteiger partial charge >= 0.3 is 5.97 Å². The Hall–Kier alpha value is -1.83. The second-order valence-electron chi connectivity index (χ2n) is 5.13. The van der Waals surface area contributed by atoms with Crippen molar-refractivity contribution >= 4 is 12.0 Å². The molecule has 2 nitrogen and oxygen atoms in total. The van der Waals surface area contributed by atoms with Crippen LogP contribution in [0.4, 0.5) is 0 Å². The zero-order chi connectivity index (χ0) is 15.3. The van der Waals surface area contributed by atoms with E-state index in [1.807, 2.05) is 24.3 Å². The van der Waals surface area contributed by atoms with E-state index in [-0.39, 0.29) is 5.97 Å². The summed E-state index contributed by atoms with van der Waals surface area (Å²) in [4.78, 5) is 12.0. The lowest BCUT2D eigenvalue weighted by Gasteiger charge is -2.07. The average Bonchev–Trinajstić information content (AvgIpc) is 2.53. The molecule has 0 amide bonds. The number of hydrogen-bond donors (Lipinski definition) is 0. The van der Waals surface area contributed by atoms with Crippen molar-refractivity contribution in [3.05, 3.63) is 54.6 Å². The van der Waals surface area contributed by atoms with Crippen molar-refractivity contribution in [2.75, 3.05) is 6.61 Å². The largest absolute Gasteiger partial charge is 0.462 e. The standard InChI is InChI=1S/C19H26O2/c1-3-5-6-7-8-9-10-13-16-21-19(20)18-15-12-11-14-17(18)4-2/h3-4,11-12,14-15H,1-2,5-10,13,16H2. The summed E-state index contributed by atoms with van der Waals surface area (Å²) in [5.74, 6) is -0.253. The SMILES string of the molecule is C=CCCCCCCCCOC(=O)c1ccccc1C=C. The first-order valence-electron chi connectivity index (χ1n) is 7.79. The molecule has 21 heavy (non-hydrogen) atoms. The van der Waals surface area contributed by atoms with Gasteiger partial charge < -0.3 is 4.74 Å². The maximum atomic E-state index is 12.0. The van der Waals surface area contributed by atoms with Gasteiger partial charge in [0, 0.05) is 0 Å². The summed E-state index contributed by atoms with van der Waals surface area (Å²) in [7, 11) is 0. The number of unbranched alkanes of at least 4 members (excludes halogenated alkanes) is 6. The van der Waals surface area contributed by atoms with Crippen LogP contribution in [-0.4, -0.2) is 12.6 Å². The fourth-order valence-corrected chi connectivity index (χ4v) is 2.20. The van der Waals surface area contributed by atoms with Crippen LogP contribution in [0.5, 0.6) is 0 Å². The van der Waals surface area contributed by atoms with Gasteiger partial charge in [-0.15, -0.1) is 6.58 Å². The molecule has 0 atom stereocenters. The third-order valence-corrected chi connectivity index (χ3v) is 3.44. The first-order valence-corrected chi connectivity index (χ1v) is 7.79. The second kappa shape index (κ2) is 10.9. The van der Waals surface area contributed by atoms with Gasteiger partial charge in [0.1, 0.15) is 0 Å². The van der Waals surface area contributed by atoms with Gasteiger partial charge in [-0.1, -0.05) is 62.6 Å². The molecule has 0 bridgehead atoms. The van der Waals surface area contributed by atoms with Crippen LogP contribution >= 0.6 is 0 Å². The number of esters is 1. The molecule has 1 rings (SSSR count). The number of ether oxygens (including phenoxy) is 1.